The summed E-state index contributed by atoms with van der Waals surface area (Å²) < 4.78 is 0. The van der Waals surface area contributed by atoms with Crippen molar-refractivity contribution in [1.29, 1.82) is 0 Å². The molecule has 0 amide bonds. The maximum absolute atomic E-state index is 11.4. The van der Waals surface area contributed by atoms with E-state index in [9.17, 15) is 9.90 Å². The lowest BCUT2D eigenvalue weighted by Gasteiger charge is -2.17. The third-order valence-corrected chi connectivity index (χ3v) is 3.06. The Balaban J connectivity index is 2.13. The van der Waals surface area contributed by atoms with Crippen molar-refractivity contribution in [3.05, 3.63) is 65.7 Å². The highest BCUT2D eigenvalue weighted by Gasteiger charge is 2.18. The Morgan fingerprint density at radius 1 is 1.11 bits per heavy atom. The van der Waals surface area contributed by atoms with Crippen LogP contribution < -0.4 is 5.32 Å². The number of hydrogen-bond donors (Lipinski definition) is 2. The van der Waals surface area contributed by atoms with Crippen LogP contribution in [-0.4, -0.2) is 17.1 Å². The molecule has 3 nitrogen and oxygen atoms in total. The van der Waals surface area contributed by atoms with Gasteiger partial charge in [0.15, 0.2) is 0 Å². The van der Waals surface area contributed by atoms with Crippen molar-refractivity contribution in [3.8, 4) is 0 Å². The van der Waals surface area contributed by atoms with E-state index in [4.69, 9.17) is 0 Å². The Morgan fingerprint density at radius 2 is 1.74 bits per heavy atom. The van der Waals surface area contributed by atoms with Crippen LogP contribution in [0.3, 0.4) is 0 Å². The van der Waals surface area contributed by atoms with E-state index in [1.807, 2.05) is 61.5 Å². The molecule has 0 heterocycles. The van der Waals surface area contributed by atoms with Crippen molar-refractivity contribution in [2.24, 2.45) is 0 Å². The first-order valence-corrected chi connectivity index (χ1v) is 6.25. The number of carbonyl (C=O) groups is 1. The van der Waals surface area contributed by atoms with Gasteiger partial charge < -0.3 is 10.4 Å². The fourth-order valence-corrected chi connectivity index (χ4v) is 1.97. The number of aryl methyl sites for hydroxylation is 1. The maximum atomic E-state index is 11.4. The van der Waals surface area contributed by atoms with Gasteiger partial charge in [0.05, 0.1) is 0 Å². The summed E-state index contributed by atoms with van der Waals surface area (Å²) in [6.07, 6.45) is 0.463. The number of benzene rings is 2. The summed E-state index contributed by atoms with van der Waals surface area (Å²) in [6, 6.07) is 16.7. The van der Waals surface area contributed by atoms with Crippen LogP contribution in [0.4, 0.5) is 5.69 Å². The molecule has 98 valence electrons. The SMILES string of the molecule is Cc1ccccc1NC(Cc1ccccc1)C(=O)O. The molecule has 0 fully saturated rings. The van der Waals surface area contributed by atoms with Crippen LogP contribution in [0.2, 0.25) is 0 Å². The van der Waals surface area contributed by atoms with Gasteiger partial charge in [-0.1, -0.05) is 48.5 Å². The molecule has 2 aromatic rings. The Kier molecular flexibility index (Phi) is 4.18. The first kappa shape index (κ1) is 13.1. The second-order valence-corrected chi connectivity index (χ2v) is 4.54. The van der Waals surface area contributed by atoms with Gasteiger partial charge in [0, 0.05) is 12.1 Å². The summed E-state index contributed by atoms with van der Waals surface area (Å²) in [5.41, 5.74) is 2.92. The zero-order valence-corrected chi connectivity index (χ0v) is 10.8. The van der Waals surface area contributed by atoms with Crippen LogP contribution in [0.1, 0.15) is 11.1 Å². The molecule has 0 bridgehead atoms. The van der Waals surface area contributed by atoms with Crippen LogP contribution in [0, 0.1) is 6.92 Å². The molecule has 0 aromatic heterocycles. The topological polar surface area (TPSA) is 49.3 Å². The minimum Gasteiger partial charge on any atom is -0.480 e. The van der Waals surface area contributed by atoms with Crippen molar-refractivity contribution in [3.63, 3.8) is 0 Å². The van der Waals surface area contributed by atoms with E-state index in [-0.39, 0.29) is 0 Å². The average Bonchev–Trinajstić information content (AvgIpc) is 2.41. The van der Waals surface area contributed by atoms with Crippen molar-refractivity contribution >= 4 is 11.7 Å². The highest BCUT2D eigenvalue weighted by atomic mass is 16.4. The van der Waals surface area contributed by atoms with Gasteiger partial charge in [-0.25, -0.2) is 4.79 Å². The largest absolute Gasteiger partial charge is 0.480 e. The molecule has 19 heavy (non-hydrogen) atoms. The molecule has 0 radical (unpaired) electrons. The van der Waals surface area contributed by atoms with E-state index in [1.165, 1.54) is 0 Å². The second kappa shape index (κ2) is 6.05. The summed E-state index contributed by atoms with van der Waals surface area (Å²) in [4.78, 5) is 11.4. The highest BCUT2D eigenvalue weighted by Crippen LogP contribution is 2.16. The minimum absolute atomic E-state index is 0.463. The van der Waals surface area contributed by atoms with E-state index in [0.29, 0.717) is 6.42 Å². The van der Waals surface area contributed by atoms with Gasteiger partial charge >= 0.3 is 5.97 Å². The van der Waals surface area contributed by atoms with Gasteiger partial charge in [-0.3, -0.25) is 0 Å². The predicted molar refractivity (Wildman–Crippen MR) is 76.4 cm³/mol. The third-order valence-electron chi connectivity index (χ3n) is 3.06. The summed E-state index contributed by atoms with van der Waals surface area (Å²) in [5.74, 6) is -0.841. The number of rotatable bonds is 5. The molecule has 2 N–H and O–H groups in total. The van der Waals surface area contributed by atoms with E-state index in [0.717, 1.165) is 16.8 Å². The molecule has 0 aliphatic rings. The van der Waals surface area contributed by atoms with Crippen LogP contribution in [0.5, 0.6) is 0 Å². The van der Waals surface area contributed by atoms with Gasteiger partial charge in [-0.2, -0.15) is 0 Å². The van der Waals surface area contributed by atoms with Crippen molar-refractivity contribution in [2.75, 3.05) is 5.32 Å². The molecule has 2 aromatic carbocycles. The lowest BCUT2D eigenvalue weighted by atomic mass is 10.1. The zero-order chi connectivity index (χ0) is 13.7. The first-order chi connectivity index (χ1) is 9.16. The zero-order valence-electron chi connectivity index (χ0n) is 10.8. The quantitative estimate of drug-likeness (QED) is 0.863. The fourth-order valence-electron chi connectivity index (χ4n) is 1.97. The van der Waals surface area contributed by atoms with Crippen molar-refractivity contribution < 1.29 is 9.90 Å². The fraction of sp³-hybridized carbons (Fsp3) is 0.188. The second-order valence-electron chi connectivity index (χ2n) is 4.54. The summed E-state index contributed by atoms with van der Waals surface area (Å²) >= 11 is 0. The molecule has 0 saturated carbocycles. The number of anilines is 1. The molecule has 2 rings (SSSR count). The number of nitrogens with one attached hydrogen (secondary N) is 1. The molecule has 0 spiro atoms. The van der Waals surface area contributed by atoms with E-state index in [2.05, 4.69) is 5.32 Å². The summed E-state index contributed by atoms with van der Waals surface area (Å²) in [7, 11) is 0. The Labute approximate surface area is 112 Å². The molecule has 0 saturated heterocycles. The Morgan fingerprint density at radius 3 is 2.37 bits per heavy atom. The monoisotopic (exact) mass is 255 g/mol. The number of hydrogen-bond acceptors (Lipinski definition) is 2. The molecule has 1 atom stereocenters. The molecule has 0 aliphatic heterocycles. The van der Waals surface area contributed by atoms with Crippen LogP contribution in [0.15, 0.2) is 54.6 Å². The lowest BCUT2D eigenvalue weighted by Crippen LogP contribution is -2.31. The molecular formula is C16H17NO2. The Hall–Kier alpha value is -2.29. The van der Waals surface area contributed by atoms with E-state index >= 15 is 0 Å². The smallest absolute Gasteiger partial charge is 0.326 e. The number of aliphatic carboxylic acids is 1. The average molecular weight is 255 g/mol. The Bertz CT molecular complexity index is 552. The third kappa shape index (κ3) is 3.58. The van der Waals surface area contributed by atoms with Gasteiger partial charge in [-0.05, 0) is 24.1 Å². The van der Waals surface area contributed by atoms with Gasteiger partial charge in [-0.15, -0.1) is 0 Å². The number of carboxylic acid groups (broad SMARTS) is 1. The summed E-state index contributed by atoms with van der Waals surface area (Å²) in [5, 5.41) is 12.4. The van der Waals surface area contributed by atoms with Crippen LogP contribution in [0.25, 0.3) is 0 Å². The molecular weight excluding hydrogens is 238 g/mol. The van der Waals surface area contributed by atoms with Crippen molar-refractivity contribution in [2.45, 2.75) is 19.4 Å². The van der Waals surface area contributed by atoms with Gasteiger partial charge in [0.1, 0.15) is 6.04 Å². The van der Waals surface area contributed by atoms with E-state index in [1.54, 1.807) is 0 Å². The molecule has 0 aliphatic carbocycles. The van der Waals surface area contributed by atoms with Gasteiger partial charge in [0.25, 0.3) is 0 Å². The first-order valence-electron chi connectivity index (χ1n) is 6.25. The van der Waals surface area contributed by atoms with Crippen LogP contribution >= 0.6 is 0 Å². The summed E-state index contributed by atoms with van der Waals surface area (Å²) in [6.45, 7) is 1.96. The maximum Gasteiger partial charge on any atom is 0.326 e. The number of para-hydroxylation sites is 1. The molecule has 3 heteroatoms. The molecule has 1 unspecified atom stereocenters. The van der Waals surface area contributed by atoms with E-state index < -0.39 is 12.0 Å². The standard InChI is InChI=1S/C16H17NO2/c1-12-7-5-6-10-14(12)17-15(16(18)19)11-13-8-3-2-4-9-13/h2-10,15,17H,11H2,1H3,(H,18,19). The number of carboxylic acids is 1. The van der Waals surface area contributed by atoms with Crippen LogP contribution in [-0.2, 0) is 11.2 Å². The normalized spacial score (nSPS) is 11.8. The predicted octanol–water partition coefficient (Wildman–Crippen LogP) is 3.10. The lowest BCUT2D eigenvalue weighted by molar-refractivity contribution is -0.137. The minimum atomic E-state index is -0.841. The van der Waals surface area contributed by atoms with Crippen molar-refractivity contribution in [1.82, 2.24) is 0 Å². The highest BCUT2D eigenvalue weighted by molar-refractivity contribution is 5.78. The van der Waals surface area contributed by atoms with Gasteiger partial charge in [0.2, 0.25) is 0 Å².